The molecule has 9 heteroatoms. The molecule has 0 bridgehead atoms. The lowest BCUT2D eigenvalue weighted by atomic mass is 10.00. The molecule has 0 atom stereocenters. The van der Waals surface area contributed by atoms with Crippen LogP contribution < -0.4 is 9.62 Å². The quantitative estimate of drug-likeness (QED) is 0.283. The summed E-state index contributed by atoms with van der Waals surface area (Å²) in [7, 11) is -1.42. The number of fused-ring (bicyclic) bond motifs is 1. The summed E-state index contributed by atoms with van der Waals surface area (Å²) in [5.74, 6) is -0.218. The van der Waals surface area contributed by atoms with Gasteiger partial charge in [0.1, 0.15) is 17.2 Å². The number of hydrogen-bond donors (Lipinski definition) is 2. The number of anilines is 1. The van der Waals surface area contributed by atoms with Crippen LogP contribution in [0.3, 0.4) is 0 Å². The zero-order valence-corrected chi connectivity index (χ0v) is 21.2. The number of rotatable bonds is 7. The number of halogens is 2. The number of carbonyl (C=O) groups excluding carboxylic acids is 1. The molecule has 1 fully saturated rings. The Morgan fingerprint density at radius 1 is 1.14 bits per heavy atom. The molecule has 0 saturated heterocycles. The predicted octanol–water partition coefficient (Wildman–Crippen LogP) is 5.77. The first-order valence-electron chi connectivity index (χ1n) is 11.1. The summed E-state index contributed by atoms with van der Waals surface area (Å²) in [6.07, 6.45) is 1.88. The number of amides is 1. The van der Waals surface area contributed by atoms with E-state index in [1.54, 1.807) is 18.2 Å². The number of hydrogen-bond acceptors (Lipinski definition) is 4. The second kappa shape index (κ2) is 9.47. The Balaban J connectivity index is 1.70. The lowest BCUT2D eigenvalue weighted by molar-refractivity contribution is 0.0964. The van der Waals surface area contributed by atoms with E-state index in [0.717, 1.165) is 28.4 Å². The number of thiol groups is 1. The molecule has 5 rings (SSSR count). The van der Waals surface area contributed by atoms with Gasteiger partial charge in [-0.15, -0.1) is 0 Å². The maximum absolute atomic E-state index is 13.5. The summed E-state index contributed by atoms with van der Waals surface area (Å²) in [6.45, 7) is 0.164. The monoisotopic (exact) mass is 556 g/mol. The molecule has 3 aromatic carbocycles. The average molecular weight is 557 g/mol. The Morgan fingerprint density at radius 2 is 1.89 bits per heavy atom. The van der Waals surface area contributed by atoms with Crippen molar-refractivity contribution in [1.29, 1.82) is 0 Å². The highest BCUT2D eigenvalue weighted by Gasteiger charge is 2.31. The third-order valence-corrected chi connectivity index (χ3v) is 7.36. The number of carbonyl (C=O) groups is 1. The molecule has 1 saturated carbocycles. The van der Waals surface area contributed by atoms with Crippen LogP contribution in [0.2, 0.25) is 0 Å². The van der Waals surface area contributed by atoms with Crippen LogP contribution in [0.25, 0.3) is 22.3 Å². The van der Waals surface area contributed by atoms with Crippen molar-refractivity contribution < 1.29 is 22.0 Å². The molecule has 0 aliphatic heterocycles. The summed E-state index contributed by atoms with van der Waals surface area (Å²) in [6, 6.07) is 16.8. The van der Waals surface area contributed by atoms with E-state index >= 15 is 0 Å². The van der Waals surface area contributed by atoms with Gasteiger partial charge in [-0.05, 0) is 72.4 Å². The number of nitrogens with one attached hydrogen (secondary N) is 1. The normalized spacial score (nSPS) is 13.4. The van der Waals surface area contributed by atoms with Crippen molar-refractivity contribution in [3.63, 3.8) is 0 Å². The van der Waals surface area contributed by atoms with Crippen LogP contribution in [0.15, 0.2) is 69.6 Å². The van der Waals surface area contributed by atoms with E-state index in [2.05, 4.69) is 21.2 Å². The summed E-state index contributed by atoms with van der Waals surface area (Å²) < 4.78 is 46.7. The van der Waals surface area contributed by atoms with E-state index < -0.39 is 16.7 Å². The lowest BCUT2D eigenvalue weighted by Gasteiger charge is -2.21. The molecule has 35 heavy (non-hydrogen) atoms. The first-order chi connectivity index (χ1) is 16.9. The minimum atomic E-state index is -2.95. The molecular formula is C26H22BrFN2O4S. The lowest BCUT2D eigenvalue weighted by Crippen LogP contribution is -2.22. The molecule has 1 amide bonds. The van der Waals surface area contributed by atoms with Crippen molar-refractivity contribution in [2.45, 2.75) is 25.3 Å². The zero-order valence-electron chi connectivity index (χ0n) is 18.8. The van der Waals surface area contributed by atoms with Crippen LogP contribution in [0, 0.1) is 5.82 Å². The maximum atomic E-state index is 13.5. The highest BCUT2D eigenvalue weighted by Crippen LogP contribution is 2.48. The van der Waals surface area contributed by atoms with Gasteiger partial charge in [0.05, 0.1) is 17.8 Å². The molecule has 1 aliphatic rings. The Morgan fingerprint density at radius 3 is 2.51 bits per heavy atom. The minimum absolute atomic E-state index is 0.164. The van der Waals surface area contributed by atoms with Crippen molar-refractivity contribution in [3.8, 4) is 11.3 Å². The van der Waals surface area contributed by atoms with E-state index in [-0.39, 0.29) is 18.4 Å². The summed E-state index contributed by atoms with van der Waals surface area (Å²) in [5.41, 5.74) is 3.52. The molecule has 1 aliphatic carbocycles. The molecular weight excluding hydrogens is 535 g/mol. The van der Waals surface area contributed by atoms with Crippen LogP contribution in [0.5, 0.6) is 0 Å². The van der Waals surface area contributed by atoms with Crippen LogP contribution >= 0.6 is 15.9 Å². The fraction of sp³-hybridized carbons (Fsp3) is 0.192. The Bertz CT molecular complexity index is 1500. The summed E-state index contributed by atoms with van der Waals surface area (Å²) in [4.78, 5) is 12.9. The highest BCUT2D eigenvalue weighted by molar-refractivity contribution is 9.10. The number of benzene rings is 3. The first-order valence-corrected chi connectivity index (χ1v) is 13.0. The third kappa shape index (κ3) is 4.70. The Kier molecular flexibility index (Phi) is 6.37. The first kappa shape index (κ1) is 23.6. The molecule has 180 valence electrons. The minimum Gasteiger partial charge on any atom is -0.455 e. The van der Waals surface area contributed by atoms with Gasteiger partial charge in [-0.25, -0.2) is 12.8 Å². The van der Waals surface area contributed by atoms with Crippen molar-refractivity contribution in [1.82, 2.24) is 5.32 Å². The van der Waals surface area contributed by atoms with Crippen molar-refractivity contribution in [3.05, 3.63) is 87.6 Å². The van der Waals surface area contributed by atoms with Crippen LogP contribution in [-0.4, -0.2) is 21.4 Å². The molecule has 0 spiro atoms. The van der Waals surface area contributed by atoms with E-state index in [4.69, 9.17) is 4.42 Å². The molecule has 6 nitrogen and oxygen atoms in total. The highest BCUT2D eigenvalue weighted by atomic mass is 79.9. The van der Waals surface area contributed by atoms with Crippen molar-refractivity contribution >= 4 is 49.4 Å². The van der Waals surface area contributed by atoms with E-state index in [1.165, 1.54) is 23.5 Å². The predicted molar refractivity (Wildman–Crippen MR) is 138 cm³/mol. The molecule has 1 aromatic heterocycles. The Labute approximate surface area is 212 Å². The average Bonchev–Trinajstić information content (AvgIpc) is 3.62. The van der Waals surface area contributed by atoms with Gasteiger partial charge in [0.2, 0.25) is 10.9 Å². The second-order valence-corrected chi connectivity index (χ2v) is 10.4. The largest absolute Gasteiger partial charge is 0.455 e. The van der Waals surface area contributed by atoms with Crippen LogP contribution in [0.4, 0.5) is 10.1 Å². The topological polar surface area (TPSA) is 79.6 Å². The summed E-state index contributed by atoms with van der Waals surface area (Å²) in [5, 5.41) is 3.25. The number of furan rings is 1. The van der Waals surface area contributed by atoms with E-state index in [9.17, 15) is 17.6 Å². The smallest absolute Gasteiger partial charge is 0.255 e. The fourth-order valence-electron chi connectivity index (χ4n) is 4.29. The van der Waals surface area contributed by atoms with Gasteiger partial charge < -0.3 is 9.73 Å². The van der Waals surface area contributed by atoms with Gasteiger partial charge in [0.15, 0.2) is 0 Å². The molecule has 4 aromatic rings. The molecule has 1 heterocycles. The van der Waals surface area contributed by atoms with Gasteiger partial charge in [-0.1, -0.05) is 28.1 Å². The van der Waals surface area contributed by atoms with Crippen molar-refractivity contribution in [2.24, 2.45) is 0 Å². The molecule has 1 N–H and O–H groups in total. The summed E-state index contributed by atoms with van der Waals surface area (Å²) >= 11 is 3.44. The van der Waals surface area contributed by atoms with Gasteiger partial charge in [0.25, 0.3) is 5.91 Å². The van der Waals surface area contributed by atoms with E-state index in [0.29, 0.717) is 33.5 Å². The van der Waals surface area contributed by atoms with Gasteiger partial charge in [-0.2, -0.15) is 0 Å². The standard InChI is InChI=1S/C26H22BrFN2O4S/c1-29-26(31)24-21-12-20(16-5-6-16)22(30(35(32)33)14-15-3-2-4-18(27)11-15)13-23(21)34-25(24)17-7-9-19(28)10-8-17/h2-4,7-13,16,35H,5-6,14H2,1H3,(H,29,31). The van der Waals surface area contributed by atoms with Crippen LogP contribution in [-0.2, 0) is 17.4 Å². The van der Waals surface area contributed by atoms with Crippen molar-refractivity contribution in [2.75, 3.05) is 11.4 Å². The molecule has 0 unspecified atom stereocenters. The van der Waals surface area contributed by atoms with E-state index in [1.807, 2.05) is 30.3 Å². The van der Waals surface area contributed by atoms with Gasteiger partial charge in [-0.3, -0.25) is 9.10 Å². The van der Waals surface area contributed by atoms with Gasteiger partial charge in [0, 0.05) is 28.5 Å². The third-order valence-electron chi connectivity index (χ3n) is 6.11. The SMILES string of the molecule is CNC(=O)c1c(-c2ccc(F)cc2)oc2cc(N(Cc3cccc(Br)c3)[SH](=O)=O)c(C3CC3)cc12. The Hall–Kier alpha value is -3.17. The molecule has 0 radical (unpaired) electrons. The fourth-order valence-corrected chi connectivity index (χ4v) is 5.36. The van der Waals surface area contributed by atoms with Crippen LogP contribution in [0.1, 0.15) is 40.2 Å². The zero-order chi connectivity index (χ0) is 24.7. The maximum Gasteiger partial charge on any atom is 0.255 e. The van der Waals surface area contributed by atoms with Gasteiger partial charge >= 0.3 is 0 Å². The number of nitrogens with zero attached hydrogens (tertiary/aromatic N) is 1. The second-order valence-electron chi connectivity index (χ2n) is 8.50.